The molecule has 1 rings (SSSR count). The SMILES string of the molecule is CCOc1ccc(C)cc1CO. The van der Waals surface area contributed by atoms with E-state index in [9.17, 15) is 0 Å². The van der Waals surface area contributed by atoms with E-state index >= 15 is 0 Å². The third kappa shape index (κ3) is 1.98. The van der Waals surface area contributed by atoms with Gasteiger partial charge in [0.15, 0.2) is 0 Å². The Morgan fingerprint density at radius 3 is 2.75 bits per heavy atom. The number of hydrogen-bond acceptors (Lipinski definition) is 2. The van der Waals surface area contributed by atoms with Crippen LogP contribution in [-0.4, -0.2) is 11.7 Å². The van der Waals surface area contributed by atoms with Crippen LogP contribution >= 0.6 is 0 Å². The fraction of sp³-hybridized carbons (Fsp3) is 0.400. The Labute approximate surface area is 72.8 Å². The van der Waals surface area contributed by atoms with E-state index in [1.165, 1.54) is 0 Å². The highest BCUT2D eigenvalue weighted by atomic mass is 16.5. The maximum atomic E-state index is 8.99. The van der Waals surface area contributed by atoms with Gasteiger partial charge in [-0.05, 0) is 19.9 Å². The van der Waals surface area contributed by atoms with E-state index in [1.54, 1.807) is 0 Å². The maximum absolute atomic E-state index is 8.99. The normalized spacial score (nSPS) is 9.92. The minimum Gasteiger partial charge on any atom is -0.494 e. The summed E-state index contributed by atoms with van der Waals surface area (Å²) in [5, 5.41) is 8.99. The van der Waals surface area contributed by atoms with Gasteiger partial charge >= 0.3 is 0 Å². The summed E-state index contributed by atoms with van der Waals surface area (Å²) in [6.45, 7) is 4.60. The monoisotopic (exact) mass is 166 g/mol. The first-order valence-electron chi connectivity index (χ1n) is 4.11. The van der Waals surface area contributed by atoms with Gasteiger partial charge < -0.3 is 9.84 Å². The molecule has 2 nitrogen and oxygen atoms in total. The molecule has 2 heteroatoms. The number of aliphatic hydroxyl groups is 1. The van der Waals surface area contributed by atoms with Crippen LogP contribution in [0.15, 0.2) is 18.2 Å². The minimum absolute atomic E-state index is 0.0387. The maximum Gasteiger partial charge on any atom is 0.124 e. The van der Waals surface area contributed by atoms with Crippen molar-refractivity contribution in [2.24, 2.45) is 0 Å². The number of benzene rings is 1. The van der Waals surface area contributed by atoms with Crippen LogP contribution in [0.25, 0.3) is 0 Å². The van der Waals surface area contributed by atoms with Crippen LogP contribution in [0.3, 0.4) is 0 Å². The second-order valence-electron chi connectivity index (χ2n) is 2.70. The molecule has 0 amide bonds. The first-order valence-corrected chi connectivity index (χ1v) is 4.11. The quantitative estimate of drug-likeness (QED) is 0.743. The highest BCUT2D eigenvalue weighted by molar-refractivity contribution is 5.36. The molecule has 0 bridgehead atoms. The van der Waals surface area contributed by atoms with Crippen LogP contribution < -0.4 is 4.74 Å². The molecule has 1 N–H and O–H groups in total. The van der Waals surface area contributed by atoms with Crippen molar-refractivity contribution in [3.63, 3.8) is 0 Å². The van der Waals surface area contributed by atoms with E-state index in [4.69, 9.17) is 9.84 Å². The summed E-state index contributed by atoms with van der Waals surface area (Å²) < 4.78 is 5.32. The summed E-state index contributed by atoms with van der Waals surface area (Å²) in [7, 11) is 0. The molecule has 0 aliphatic heterocycles. The molecule has 66 valence electrons. The lowest BCUT2D eigenvalue weighted by Crippen LogP contribution is -1.96. The molecular weight excluding hydrogens is 152 g/mol. The fourth-order valence-electron chi connectivity index (χ4n) is 1.13. The predicted molar refractivity (Wildman–Crippen MR) is 48.3 cm³/mol. The number of aryl methyl sites for hydroxylation is 1. The largest absolute Gasteiger partial charge is 0.494 e. The summed E-state index contributed by atoms with van der Waals surface area (Å²) in [5.41, 5.74) is 2.00. The van der Waals surface area contributed by atoms with Crippen LogP contribution in [0.2, 0.25) is 0 Å². The van der Waals surface area contributed by atoms with Gasteiger partial charge in [0.05, 0.1) is 13.2 Å². The van der Waals surface area contributed by atoms with Gasteiger partial charge in [0, 0.05) is 5.56 Å². The van der Waals surface area contributed by atoms with Gasteiger partial charge in [-0.1, -0.05) is 17.7 Å². The van der Waals surface area contributed by atoms with Gasteiger partial charge in [-0.15, -0.1) is 0 Å². The molecule has 0 aliphatic carbocycles. The average molecular weight is 166 g/mol. The average Bonchev–Trinajstić information content (AvgIpc) is 2.08. The summed E-state index contributed by atoms with van der Waals surface area (Å²) in [6, 6.07) is 5.81. The first-order chi connectivity index (χ1) is 5.77. The minimum atomic E-state index is 0.0387. The predicted octanol–water partition coefficient (Wildman–Crippen LogP) is 1.89. The molecule has 0 atom stereocenters. The fourth-order valence-corrected chi connectivity index (χ4v) is 1.13. The van der Waals surface area contributed by atoms with Crippen LogP contribution in [0.4, 0.5) is 0 Å². The van der Waals surface area contributed by atoms with Gasteiger partial charge in [-0.25, -0.2) is 0 Å². The second kappa shape index (κ2) is 4.12. The molecule has 0 aromatic heterocycles. The Kier molecular flexibility index (Phi) is 3.11. The highest BCUT2D eigenvalue weighted by Crippen LogP contribution is 2.19. The molecule has 0 radical (unpaired) electrons. The third-order valence-electron chi connectivity index (χ3n) is 1.69. The van der Waals surface area contributed by atoms with Crippen molar-refractivity contribution in [3.8, 4) is 5.75 Å². The molecule has 1 aromatic rings. The lowest BCUT2D eigenvalue weighted by atomic mass is 10.1. The topological polar surface area (TPSA) is 29.5 Å². The molecule has 12 heavy (non-hydrogen) atoms. The molecule has 0 saturated carbocycles. The van der Waals surface area contributed by atoms with Gasteiger partial charge in [0.2, 0.25) is 0 Å². The zero-order chi connectivity index (χ0) is 8.97. The van der Waals surface area contributed by atoms with Crippen LogP contribution in [0, 0.1) is 6.92 Å². The second-order valence-corrected chi connectivity index (χ2v) is 2.70. The Hall–Kier alpha value is -1.02. The Bertz CT molecular complexity index is 256. The van der Waals surface area contributed by atoms with Gasteiger partial charge in [-0.3, -0.25) is 0 Å². The summed E-state index contributed by atoms with van der Waals surface area (Å²) >= 11 is 0. The number of ether oxygens (including phenoxy) is 1. The zero-order valence-electron chi connectivity index (χ0n) is 7.50. The van der Waals surface area contributed by atoms with E-state index in [0.717, 1.165) is 16.9 Å². The molecule has 0 aliphatic rings. The van der Waals surface area contributed by atoms with E-state index < -0.39 is 0 Å². The Morgan fingerprint density at radius 1 is 1.42 bits per heavy atom. The van der Waals surface area contributed by atoms with E-state index in [1.807, 2.05) is 32.0 Å². The molecule has 0 saturated heterocycles. The molecule has 0 unspecified atom stereocenters. The Morgan fingerprint density at radius 2 is 2.17 bits per heavy atom. The number of aliphatic hydroxyl groups excluding tert-OH is 1. The third-order valence-corrected chi connectivity index (χ3v) is 1.69. The standard InChI is InChI=1S/C10H14O2/c1-3-12-10-5-4-8(2)6-9(10)7-11/h4-6,11H,3,7H2,1-2H3. The van der Waals surface area contributed by atoms with Crippen molar-refractivity contribution in [2.45, 2.75) is 20.5 Å². The number of hydrogen-bond donors (Lipinski definition) is 1. The summed E-state index contributed by atoms with van der Waals surface area (Å²) in [4.78, 5) is 0. The summed E-state index contributed by atoms with van der Waals surface area (Å²) in [6.07, 6.45) is 0. The molecule has 1 aromatic carbocycles. The van der Waals surface area contributed by atoms with E-state index in [0.29, 0.717) is 6.61 Å². The van der Waals surface area contributed by atoms with E-state index in [2.05, 4.69) is 0 Å². The van der Waals surface area contributed by atoms with Crippen molar-refractivity contribution in [3.05, 3.63) is 29.3 Å². The van der Waals surface area contributed by atoms with Crippen LogP contribution in [-0.2, 0) is 6.61 Å². The number of rotatable bonds is 3. The van der Waals surface area contributed by atoms with Gasteiger partial charge in [-0.2, -0.15) is 0 Å². The Balaban J connectivity index is 2.94. The van der Waals surface area contributed by atoms with Crippen molar-refractivity contribution in [1.29, 1.82) is 0 Å². The lowest BCUT2D eigenvalue weighted by molar-refractivity contribution is 0.267. The first kappa shape index (κ1) is 9.07. The van der Waals surface area contributed by atoms with Crippen molar-refractivity contribution < 1.29 is 9.84 Å². The van der Waals surface area contributed by atoms with Crippen molar-refractivity contribution in [2.75, 3.05) is 6.61 Å². The smallest absolute Gasteiger partial charge is 0.124 e. The molecule has 0 spiro atoms. The highest BCUT2D eigenvalue weighted by Gasteiger charge is 2.00. The molecule has 0 fully saturated rings. The van der Waals surface area contributed by atoms with Gasteiger partial charge in [0.1, 0.15) is 5.75 Å². The summed E-state index contributed by atoms with van der Waals surface area (Å²) in [5.74, 6) is 0.783. The van der Waals surface area contributed by atoms with Gasteiger partial charge in [0.25, 0.3) is 0 Å². The van der Waals surface area contributed by atoms with Crippen LogP contribution in [0.1, 0.15) is 18.1 Å². The van der Waals surface area contributed by atoms with Crippen LogP contribution in [0.5, 0.6) is 5.75 Å². The van der Waals surface area contributed by atoms with E-state index in [-0.39, 0.29) is 6.61 Å². The lowest BCUT2D eigenvalue weighted by Gasteiger charge is -2.08. The molecule has 0 heterocycles. The van der Waals surface area contributed by atoms with Crippen molar-refractivity contribution in [1.82, 2.24) is 0 Å². The molecular formula is C10H14O2. The van der Waals surface area contributed by atoms with Crippen molar-refractivity contribution >= 4 is 0 Å². The zero-order valence-corrected chi connectivity index (χ0v) is 7.50.